The topological polar surface area (TPSA) is 93.5 Å². The van der Waals surface area contributed by atoms with E-state index in [0.29, 0.717) is 31.8 Å². The van der Waals surface area contributed by atoms with Crippen LogP contribution < -0.4 is 5.32 Å². The number of amidine groups is 1. The monoisotopic (exact) mass is 541 g/mol. The van der Waals surface area contributed by atoms with Crippen LogP contribution in [0.2, 0.25) is 0 Å². The van der Waals surface area contributed by atoms with Crippen molar-refractivity contribution in [2.24, 2.45) is 0 Å². The van der Waals surface area contributed by atoms with Crippen molar-refractivity contribution in [3.63, 3.8) is 0 Å². The van der Waals surface area contributed by atoms with Crippen molar-refractivity contribution >= 4 is 17.8 Å². The average Bonchev–Trinajstić information content (AvgIpc) is 2.93. The standard InChI is InChI=1S/C34H43N3O3/c1-6-30(32(38)39)28-12-9-11-27(22-28)26-18-14-24(15-19-26)10-8-13-31(35)37(7-2)33(40)36-23-25-16-20-29(21-17-25)34(3,4)5/h9,11-12,14-22,30,35H,6-8,10,13,23H2,1-5H3,(H,36,40)(H,38,39). The molecule has 2 amide bonds. The van der Waals surface area contributed by atoms with Crippen molar-refractivity contribution < 1.29 is 14.7 Å². The number of carbonyl (C=O) groups is 2. The number of carbonyl (C=O) groups excluding carboxylic acids is 1. The van der Waals surface area contributed by atoms with Crippen LogP contribution in [0.4, 0.5) is 4.79 Å². The molecule has 1 unspecified atom stereocenters. The van der Waals surface area contributed by atoms with Crippen molar-refractivity contribution in [1.82, 2.24) is 10.2 Å². The predicted octanol–water partition coefficient (Wildman–Crippen LogP) is 7.76. The number of benzene rings is 3. The zero-order chi connectivity index (χ0) is 29.3. The number of aryl methyl sites for hydroxylation is 1. The lowest BCUT2D eigenvalue weighted by Crippen LogP contribution is -2.43. The fourth-order valence-electron chi connectivity index (χ4n) is 4.80. The lowest BCUT2D eigenvalue weighted by molar-refractivity contribution is -0.138. The maximum Gasteiger partial charge on any atom is 0.323 e. The summed E-state index contributed by atoms with van der Waals surface area (Å²) in [6.07, 6.45) is 2.63. The summed E-state index contributed by atoms with van der Waals surface area (Å²) in [7, 11) is 0. The first-order valence-corrected chi connectivity index (χ1v) is 14.2. The van der Waals surface area contributed by atoms with E-state index >= 15 is 0 Å². The van der Waals surface area contributed by atoms with Gasteiger partial charge < -0.3 is 10.4 Å². The highest BCUT2D eigenvalue weighted by molar-refractivity contribution is 5.95. The Labute approximate surface area is 238 Å². The number of amides is 2. The van der Waals surface area contributed by atoms with Crippen LogP contribution in [0, 0.1) is 5.41 Å². The minimum atomic E-state index is -0.800. The number of carboxylic acids is 1. The van der Waals surface area contributed by atoms with Crippen molar-refractivity contribution in [3.05, 3.63) is 95.1 Å². The molecule has 0 saturated carbocycles. The maximum absolute atomic E-state index is 12.8. The van der Waals surface area contributed by atoms with Gasteiger partial charge in [0.1, 0.15) is 5.84 Å². The summed E-state index contributed by atoms with van der Waals surface area (Å²) < 4.78 is 0. The second kappa shape index (κ2) is 13.9. The summed E-state index contributed by atoms with van der Waals surface area (Å²) in [4.78, 5) is 25.8. The molecule has 0 radical (unpaired) electrons. The Morgan fingerprint density at radius 2 is 1.57 bits per heavy atom. The van der Waals surface area contributed by atoms with Gasteiger partial charge in [-0.15, -0.1) is 0 Å². The Balaban J connectivity index is 1.50. The van der Waals surface area contributed by atoms with Gasteiger partial charge in [-0.2, -0.15) is 0 Å². The molecule has 40 heavy (non-hydrogen) atoms. The molecular weight excluding hydrogens is 498 g/mol. The molecule has 6 nitrogen and oxygen atoms in total. The number of hydrogen-bond acceptors (Lipinski definition) is 3. The van der Waals surface area contributed by atoms with E-state index in [-0.39, 0.29) is 11.4 Å². The molecule has 212 valence electrons. The highest BCUT2D eigenvalue weighted by Crippen LogP contribution is 2.27. The van der Waals surface area contributed by atoms with E-state index in [2.05, 4.69) is 62.5 Å². The summed E-state index contributed by atoms with van der Waals surface area (Å²) in [5, 5.41) is 20.9. The molecule has 0 spiro atoms. The van der Waals surface area contributed by atoms with Gasteiger partial charge >= 0.3 is 12.0 Å². The lowest BCUT2D eigenvalue weighted by atomic mass is 9.87. The van der Waals surface area contributed by atoms with Gasteiger partial charge in [-0.25, -0.2) is 4.79 Å². The first kappa shape index (κ1) is 30.6. The van der Waals surface area contributed by atoms with Gasteiger partial charge in [0.15, 0.2) is 0 Å². The van der Waals surface area contributed by atoms with Gasteiger partial charge in [0.2, 0.25) is 0 Å². The first-order chi connectivity index (χ1) is 19.0. The molecule has 0 heterocycles. The lowest BCUT2D eigenvalue weighted by Gasteiger charge is -2.22. The van der Waals surface area contributed by atoms with Crippen LogP contribution in [-0.4, -0.2) is 34.4 Å². The number of urea groups is 1. The number of carboxylic acid groups (broad SMARTS) is 1. The van der Waals surface area contributed by atoms with Gasteiger partial charge in [-0.3, -0.25) is 15.1 Å². The third-order valence-corrected chi connectivity index (χ3v) is 7.31. The molecule has 3 N–H and O–H groups in total. The number of nitrogens with zero attached hydrogens (tertiary/aromatic N) is 1. The molecule has 0 aliphatic heterocycles. The summed E-state index contributed by atoms with van der Waals surface area (Å²) in [6, 6.07) is 24.1. The Morgan fingerprint density at radius 3 is 2.15 bits per heavy atom. The molecule has 0 saturated heterocycles. The molecule has 3 aromatic carbocycles. The molecule has 0 aliphatic rings. The third kappa shape index (κ3) is 8.28. The SMILES string of the molecule is CCC(C(=O)O)c1cccc(-c2ccc(CCCC(=N)N(CC)C(=O)NCc3ccc(C(C)(C)C)cc3)cc2)c1. The Bertz CT molecular complexity index is 1290. The van der Waals surface area contributed by atoms with Crippen LogP contribution in [0.1, 0.15) is 82.1 Å². The predicted molar refractivity (Wildman–Crippen MR) is 163 cm³/mol. The second-order valence-electron chi connectivity index (χ2n) is 11.3. The number of rotatable bonds is 11. The second-order valence-corrected chi connectivity index (χ2v) is 11.3. The van der Waals surface area contributed by atoms with Crippen LogP contribution in [0.15, 0.2) is 72.8 Å². The highest BCUT2D eigenvalue weighted by atomic mass is 16.4. The Kier molecular flexibility index (Phi) is 10.7. The summed E-state index contributed by atoms with van der Waals surface area (Å²) in [6.45, 7) is 11.2. The molecule has 0 fully saturated rings. The Morgan fingerprint density at radius 1 is 0.925 bits per heavy atom. The minimum Gasteiger partial charge on any atom is -0.481 e. The number of aliphatic carboxylic acids is 1. The molecule has 0 bridgehead atoms. The van der Waals surface area contributed by atoms with E-state index in [1.807, 2.05) is 50.2 Å². The summed E-state index contributed by atoms with van der Waals surface area (Å²) >= 11 is 0. The molecule has 6 heteroatoms. The zero-order valence-electron chi connectivity index (χ0n) is 24.5. The fraction of sp³-hybridized carbons (Fsp3) is 0.382. The minimum absolute atomic E-state index is 0.0889. The highest BCUT2D eigenvalue weighted by Gasteiger charge is 2.18. The zero-order valence-corrected chi connectivity index (χ0v) is 24.5. The average molecular weight is 542 g/mol. The fourth-order valence-corrected chi connectivity index (χ4v) is 4.80. The molecule has 3 rings (SSSR count). The van der Waals surface area contributed by atoms with E-state index in [4.69, 9.17) is 5.41 Å². The third-order valence-electron chi connectivity index (χ3n) is 7.31. The smallest absolute Gasteiger partial charge is 0.323 e. The Hall–Kier alpha value is -3.93. The normalized spacial score (nSPS) is 12.0. The quantitative estimate of drug-likeness (QED) is 0.171. The van der Waals surface area contributed by atoms with Gasteiger partial charge in [0, 0.05) is 19.5 Å². The van der Waals surface area contributed by atoms with E-state index < -0.39 is 11.9 Å². The van der Waals surface area contributed by atoms with Gasteiger partial charge in [0.25, 0.3) is 0 Å². The van der Waals surface area contributed by atoms with E-state index in [0.717, 1.165) is 40.7 Å². The van der Waals surface area contributed by atoms with E-state index in [9.17, 15) is 14.7 Å². The van der Waals surface area contributed by atoms with Crippen molar-refractivity contribution in [3.8, 4) is 11.1 Å². The van der Waals surface area contributed by atoms with Crippen LogP contribution in [-0.2, 0) is 23.2 Å². The van der Waals surface area contributed by atoms with Crippen LogP contribution in [0.5, 0.6) is 0 Å². The van der Waals surface area contributed by atoms with Gasteiger partial charge in [-0.05, 0) is 65.0 Å². The van der Waals surface area contributed by atoms with Gasteiger partial charge in [-0.1, -0.05) is 100 Å². The van der Waals surface area contributed by atoms with Crippen molar-refractivity contribution in [2.75, 3.05) is 6.54 Å². The van der Waals surface area contributed by atoms with Crippen LogP contribution in [0.3, 0.4) is 0 Å². The molecule has 0 aromatic heterocycles. The summed E-state index contributed by atoms with van der Waals surface area (Å²) in [5.74, 6) is -0.981. The van der Waals surface area contributed by atoms with E-state index in [1.165, 1.54) is 10.5 Å². The number of nitrogens with one attached hydrogen (secondary N) is 2. The molecule has 1 atom stereocenters. The molecule has 0 aliphatic carbocycles. The van der Waals surface area contributed by atoms with Gasteiger partial charge in [0.05, 0.1) is 5.92 Å². The van der Waals surface area contributed by atoms with Crippen LogP contribution >= 0.6 is 0 Å². The molecular formula is C34H43N3O3. The maximum atomic E-state index is 12.8. The van der Waals surface area contributed by atoms with Crippen LogP contribution in [0.25, 0.3) is 11.1 Å². The van der Waals surface area contributed by atoms with E-state index in [1.54, 1.807) is 0 Å². The summed E-state index contributed by atoms with van der Waals surface area (Å²) in [5.41, 5.74) is 6.40. The number of hydrogen-bond donors (Lipinski definition) is 3. The molecule has 3 aromatic rings. The van der Waals surface area contributed by atoms with Crippen molar-refractivity contribution in [2.45, 2.75) is 78.2 Å². The van der Waals surface area contributed by atoms with Crippen molar-refractivity contribution in [1.29, 1.82) is 5.41 Å². The largest absolute Gasteiger partial charge is 0.481 e. The first-order valence-electron chi connectivity index (χ1n) is 14.2.